The van der Waals surface area contributed by atoms with E-state index in [1.165, 1.54) is 24.6 Å². The van der Waals surface area contributed by atoms with Crippen LogP contribution < -0.4 is 5.43 Å². The SMILES string of the molecule is O=C([C@H]1Sc2nnc(-c3ccccc3)n2N[C@@H]1c1ccccc1)N1CCCCCC1. The number of carbonyl (C=O) groups excluding carboxylic acids is 1. The third-order valence-electron chi connectivity index (χ3n) is 5.79. The van der Waals surface area contributed by atoms with Crippen LogP contribution >= 0.6 is 11.8 Å². The molecule has 3 heterocycles. The Morgan fingerprint density at radius 3 is 2.27 bits per heavy atom. The molecule has 6 nitrogen and oxygen atoms in total. The number of hydrogen-bond donors (Lipinski definition) is 1. The summed E-state index contributed by atoms with van der Waals surface area (Å²) >= 11 is 1.52. The number of nitrogens with zero attached hydrogens (tertiary/aromatic N) is 4. The Labute approximate surface area is 180 Å². The fraction of sp³-hybridized carbons (Fsp3) is 0.348. The van der Waals surface area contributed by atoms with E-state index in [1.807, 2.05) is 58.1 Å². The number of benzene rings is 2. The molecule has 5 rings (SSSR count). The van der Waals surface area contributed by atoms with Crippen LogP contribution in [0.1, 0.15) is 37.3 Å². The zero-order valence-corrected chi connectivity index (χ0v) is 17.6. The number of likely N-dealkylation sites (tertiary alicyclic amines) is 1. The summed E-state index contributed by atoms with van der Waals surface area (Å²) in [5.74, 6) is 0.957. The smallest absolute Gasteiger partial charge is 0.238 e. The van der Waals surface area contributed by atoms with Crippen molar-refractivity contribution in [1.29, 1.82) is 0 Å². The molecule has 154 valence electrons. The van der Waals surface area contributed by atoms with Crippen molar-refractivity contribution in [3.8, 4) is 11.4 Å². The molecule has 0 saturated carbocycles. The largest absolute Gasteiger partial charge is 0.342 e. The number of nitrogens with one attached hydrogen (secondary N) is 1. The van der Waals surface area contributed by atoms with E-state index in [1.54, 1.807) is 0 Å². The first kappa shape index (κ1) is 19.2. The van der Waals surface area contributed by atoms with E-state index in [0.717, 1.165) is 48.0 Å². The van der Waals surface area contributed by atoms with Crippen molar-refractivity contribution in [2.75, 3.05) is 18.5 Å². The maximum absolute atomic E-state index is 13.6. The number of hydrogen-bond acceptors (Lipinski definition) is 5. The lowest BCUT2D eigenvalue weighted by atomic mass is 10.0. The lowest BCUT2D eigenvalue weighted by Crippen LogP contribution is -2.46. The molecule has 2 aliphatic heterocycles. The van der Waals surface area contributed by atoms with Gasteiger partial charge in [0.25, 0.3) is 0 Å². The molecule has 2 aromatic carbocycles. The molecule has 7 heteroatoms. The van der Waals surface area contributed by atoms with Crippen molar-refractivity contribution in [2.45, 2.75) is 42.1 Å². The van der Waals surface area contributed by atoms with E-state index in [-0.39, 0.29) is 17.2 Å². The molecule has 1 saturated heterocycles. The molecule has 3 aromatic rings. The van der Waals surface area contributed by atoms with Gasteiger partial charge in [-0.05, 0) is 18.4 Å². The minimum absolute atomic E-state index is 0.155. The van der Waals surface area contributed by atoms with Gasteiger partial charge < -0.3 is 10.3 Å². The first-order chi connectivity index (χ1) is 14.8. The van der Waals surface area contributed by atoms with Crippen molar-refractivity contribution in [3.63, 3.8) is 0 Å². The van der Waals surface area contributed by atoms with Crippen LogP contribution in [-0.4, -0.2) is 44.0 Å². The number of rotatable bonds is 3. The Hall–Kier alpha value is -2.80. The number of fused-ring (bicyclic) bond motifs is 1. The number of thioether (sulfide) groups is 1. The van der Waals surface area contributed by atoms with E-state index >= 15 is 0 Å². The van der Waals surface area contributed by atoms with Gasteiger partial charge in [0, 0.05) is 18.7 Å². The second kappa shape index (κ2) is 8.52. The Morgan fingerprint density at radius 1 is 0.900 bits per heavy atom. The van der Waals surface area contributed by atoms with Crippen molar-refractivity contribution >= 4 is 17.7 Å². The van der Waals surface area contributed by atoms with Gasteiger partial charge in [0.05, 0.1) is 6.04 Å². The van der Waals surface area contributed by atoms with E-state index in [2.05, 4.69) is 27.8 Å². The van der Waals surface area contributed by atoms with Gasteiger partial charge in [-0.2, -0.15) is 0 Å². The molecule has 1 N–H and O–H groups in total. The molecule has 1 fully saturated rings. The van der Waals surface area contributed by atoms with Gasteiger partial charge in [-0.15, -0.1) is 10.2 Å². The molecule has 1 amide bonds. The summed E-state index contributed by atoms with van der Waals surface area (Å²) in [6.07, 6.45) is 4.58. The molecule has 2 aliphatic rings. The molecule has 0 bridgehead atoms. The van der Waals surface area contributed by atoms with Gasteiger partial charge >= 0.3 is 0 Å². The van der Waals surface area contributed by atoms with Crippen LogP contribution in [0, 0.1) is 0 Å². The molecule has 30 heavy (non-hydrogen) atoms. The number of carbonyl (C=O) groups is 1. The second-order valence-corrected chi connectivity index (χ2v) is 8.91. The van der Waals surface area contributed by atoms with Crippen LogP contribution in [0.3, 0.4) is 0 Å². The van der Waals surface area contributed by atoms with E-state index in [9.17, 15) is 4.79 Å². The average molecular weight is 420 g/mol. The third kappa shape index (κ3) is 3.69. The van der Waals surface area contributed by atoms with E-state index in [4.69, 9.17) is 0 Å². The first-order valence-electron chi connectivity index (χ1n) is 10.6. The lowest BCUT2D eigenvalue weighted by Gasteiger charge is -2.35. The van der Waals surface area contributed by atoms with Crippen molar-refractivity contribution in [3.05, 3.63) is 66.2 Å². The highest BCUT2D eigenvalue weighted by atomic mass is 32.2. The number of amides is 1. The summed E-state index contributed by atoms with van der Waals surface area (Å²) in [6.45, 7) is 1.69. The highest BCUT2D eigenvalue weighted by Crippen LogP contribution is 2.39. The summed E-state index contributed by atoms with van der Waals surface area (Å²) < 4.78 is 1.93. The molecule has 0 unspecified atom stereocenters. The molecule has 1 aromatic heterocycles. The van der Waals surface area contributed by atoms with Crippen LogP contribution in [0.2, 0.25) is 0 Å². The van der Waals surface area contributed by atoms with Crippen molar-refractivity contribution in [2.24, 2.45) is 0 Å². The van der Waals surface area contributed by atoms with Crippen LogP contribution in [0.4, 0.5) is 0 Å². The van der Waals surface area contributed by atoms with Crippen LogP contribution in [0.25, 0.3) is 11.4 Å². The summed E-state index contributed by atoms with van der Waals surface area (Å²) in [5, 5.41) is 9.28. The molecular weight excluding hydrogens is 394 g/mol. The maximum atomic E-state index is 13.6. The minimum atomic E-state index is -0.272. The summed E-state index contributed by atoms with van der Waals surface area (Å²) in [7, 11) is 0. The van der Waals surface area contributed by atoms with Gasteiger partial charge in [0.2, 0.25) is 11.1 Å². The quantitative estimate of drug-likeness (QED) is 0.692. The standard InChI is InChI=1S/C23H25N5OS/c29-22(27-15-9-1-2-10-16-27)20-19(17-11-5-3-6-12-17)26-28-21(24-25-23(28)30-20)18-13-7-4-8-14-18/h3-8,11-14,19-20,26H,1-2,9-10,15-16H2/t19-,20+/m1/s1. The fourth-order valence-corrected chi connectivity index (χ4v) is 5.36. The Kier molecular flexibility index (Phi) is 5.45. The normalized spacial score (nSPS) is 21.4. The Morgan fingerprint density at radius 2 is 1.57 bits per heavy atom. The van der Waals surface area contributed by atoms with Gasteiger partial charge in [-0.1, -0.05) is 85.3 Å². The maximum Gasteiger partial charge on any atom is 0.238 e. The van der Waals surface area contributed by atoms with Crippen LogP contribution in [0.5, 0.6) is 0 Å². The van der Waals surface area contributed by atoms with Crippen LogP contribution in [0.15, 0.2) is 65.8 Å². The van der Waals surface area contributed by atoms with Gasteiger partial charge in [0.15, 0.2) is 5.82 Å². The van der Waals surface area contributed by atoms with Crippen molar-refractivity contribution < 1.29 is 4.79 Å². The first-order valence-corrected chi connectivity index (χ1v) is 11.5. The second-order valence-electron chi connectivity index (χ2n) is 7.80. The fourth-order valence-electron chi connectivity index (χ4n) is 4.20. The Bertz CT molecular complexity index is 999. The zero-order chi connectivity index (χ0) is 20.3. The molecule has 0 spiro atoms. The predicted octanol–water partition coefficient (Wildman–Crippen LogP) is 4.11. The highest BCUT2D eigenvalue weighted by molar-refractivity contribution is 8.00. The molecule has 0 radical (unpaired) electrons. The van der Waals surface area contributed by atoms with E-state index < -0.39 is 0 Å². The minimum Gasteiger partial charge on any atom is -0.342 e. The summed E-state index contributed by atoms with van der Waals surface area (Å²) in [6, 6.07) is 20.1. The number of aromatic nitrogens is 3. The zero-order valence-electron chi connectivity index (χ0n) is 16.8. The van der Waals surface area contributed by atoms with Gasteiger partial charge in [-0.3, -0.25) is 4.79 Å². The average Bonchev–Trinajstić information content (AvgIpc) is 3.02. The van der Waals surface area contributed by atoms with E-state index in [0.29, 0.717) is 0 Å². The van der Waals surface area contributed by atoms with Gasteiger partial charge in [-0.25, -0.2) is 4.68 Å². The lowest BCUT2D eigenvalue weighted by molar-refractivity contribution is -0.131. The van der Waals surface area contributed by atoms with Crippen molar-refractivity contribution in [1.82, 2.24) is 19.8 Å². The molecule has 2 atom stereocenters. The summed E-state index contributed by atoms with van der Waals surface area (Å²) in [5.41, 5.74) is 5.66. The summed E-state index contributed by atoms with van der Waals surface area (Å²) in [4.78, 5) is 15.6. The van der Waals surface area contributed by atoms with Gasteiger partial charge in [0.1, 0.15) is 5.25 Å². The topological polar surface area (TPSA) is 63.1 Å². The van der Waals surface area contributed by atoms with Crippen LogP contribution in [-0.2, 0) is 4.79 Å². The Balaban J connectivity index is 1.51. The predicted molar refractivity (Wildman–Crippen MR) is 119 cm³/mol. The third-order valence-corrected chi connectivity index (χ3v) is 6.99. The molecule has 0 aliphatic carbocycles. The monoisotopic (exact) mass is 419 g/mol. The molecular formula is C23H25N5OS. The highest BCUT2D eigenvalue weighted by Gasteiger charge is 2.39.